The van der Waals surface area contributed by atoms with Crippen LogP contribution in [-0.2, 0) is 4.79 Å². The number of carbonyl (C=O) groups excluding carboxylic acids is 1. The number of amides is 1. The molecule has 5 nitrogen and oxygen atoms in total. The molecule has 0 aliphatic carbocycles. The quantitative estimate of drug-likeness (QED) is 0.793. The molecule has 1 amide bonds. The lowest BCUT2D eigenvalue weighted by atomic mass is 10.0. The van der Waals surface area contributed by atoms with Gasteiger partial charge in [-0.25, -0.2) is 4.79 Å². The zero-order chi connectivity index (χ0) is 13.8. The van der Waals surface area contributed by atoms with Crippen molar-refractivity contribution in [1.82, 2.24) is 5.32 Å². The summed E-state index contributed by atoms with van der Waals surface area (Å²) in [7, 11) is 0. The molecule has 1 aliphatic rings. The van der Waals surface area contributed by atoms with Gasteiger partial charge in [0, 0.05) is 5.69 Å². The standard InChI is InChI=1S/C13H15ClN2O3/c14-10-7-8(4-5-9(10)13(18)19)16-12(17)11-3-1-2-6-15-11/h4-5,7,11,15H,1-3,6H2,(H,16,17)(H,18,19). The van der Waals surface area contributed by atoms with Gasteiger partial charge in [-0.2, -0.15) is 0 Å². The van der Waals surface area contributed by atoms with Gasteiger partial charge in [0.15, 0.2) is 0 Å². The average Bonchev–Trinajstić information content (AvgIpc) is 2.39. The van der Waals surface area contributed by atoms with E-state index in [4.69, 9.17) is 16.7 Å². The number of halogens is 1. The summed E-state index contributed by atoms with van der Waals surface area (Å²) >= 11 is 5.85. The van der Waals surface area contributed by atoms with Crippen LogP contribution in [0.2, 0.25) is 5.02 Å². The molecule has 1 atom stereocenters. The van der Waals surface area contributed by atoms with E-state index in [0.29, 0.717) is 5.69 Å². The molecule has 1 fully saturated rings. The maximum absolute atomic E-state index is 12.0. The minimum atomic E-state index is -1.09. The van der Waals surface area contributed by atoms with Crippen molar-refractivity contribution in [1.29, 1.82) is 0 Å². The molecule has 0 bridgehead atoms. The molecule has 1 aromatic carbocycles. The van der Waals surface area contributed by atoms with E-state index >= 15 is 0 Å². The van der Waals surface area contributed by atoms with Crippen molar-refractivity contribution in [2.24, 2.45) is 0 Å². The summed E-state index contributed by atoms with van der Waals surface area (Å²) < 4.78 is 0. The molecule has 3 N–H and O–H groups in total. The van der Waals surface area contributed by atoms with E-state index in [9.17, 15) is 9.59 Å². The Bertz CT molecular complexity index is 499. The number of hydrogen-bond acceptors (Lipinski definition) is 3. The van der Waals surface area contributed by atoms with Crippen molar-refractivity contribution in [3.63, 3.8) is 0 Å². The summed E-state index contributed by atoms with van der Waals surface area (Å²) in [6.07, 6.45) is 2.93. The van der Waals surface area contributed by atoms with E-state index in [0.717, 1.165) is 25.8 Å². The molecular formula is C13H15ClN2O3. The molecule has 0 aromatic heterocycles. The van der Waals surface area contributed by atoms with Gasteiger partial charge in [-0.05, 0) is 37.6 Å². The van der Waals surface area contributed by atoms with Crippen molar-refractivity contribution in [2.45, 2.75) is 25.3 Å². The summed E-state index contributed by atoms with van der Waals surface area (Å²) in [4.78, 5) is 22.8. The number of anilines is 1. The fourth-order valence-electron chi connectivity index (χ4n) is 2.07. The van der Waals surface area contributed by atoms with Crippen molar-refractivity contribution >= 4 is 29.2 Å². The van der Waals surface area contributed by atoms with Crippen LogP contribution in [0.15, 0.2) is 18.2 Å². The lowest BCUT2D eigenvalue weighted by Gasteiger charge is -2.22. The second kappa shape index (κ2) is 6.04. The Morgan fingerprint density at radius 1 is 1.37 bits per heavy atom. The van der Waals surface area contributed by atoms with Crippen LogP contribution >= 0.6 is 11.6 Å². The number of nitrogens with one attached hydrogen (secondary N) is 2. The van der Waals surface area contributed by atoms with Gasteiger partial charge in [-0.3, -0.25) is 4.79 Å². The zero-order valence-electron chi connectivity index (χ0n) is 10.3. The SMILES string of the molecule is O=C(O)c1ccc(NC(=O)C2CCCCN2)cc1Cl. The predicted molar refractivity (Wildman–Crippen MR) is 72.7 cm³/mol. The first-order valence-electron chi connectivity index (χ1n) is 6.15. The highest BCUT2D eigenvalue weighted by molar-refractivity contribution is 6.33. The first-order chi connectivity index (χ1) is 9.08. The fourth-order valence-corrected chi connectivity index (χ4v) is 2.33. The Labute approximate surface area is 116 Å². The second-order valence-corrected chi connectivity index (χ2v) is 4.90. The normalized spacial score (nSPS) is 18.9. The van der Waals surface area contributed by atoms with E-state index in [1.54, 1.807) is 0 Å². The van der Waals surface area contributed by atoms with E-state index < -0.39 is 5.97 Å². The smallest absolute Gasteiger partial charge is 0.337 e. The Hall–Kier alpha value is -1.59. The fraction of sp³-hybridized carbons (Fsp3) is 0.385. The Morgan fingerprint density at radius 3 is 2.74 bits per heavy atom. The van der Waals surface area contributed by atoms with Gasteiger partial charge in [0.25, 0.3) is 0 Å². The van der Waals surface area contributed by atoms with Gasteiger partial charge in [-0.1, -0.05) is 18.0 Å². The van der Waals surface area contributed by atoms with Crippen molar-refractivity contribution in [3.05, 3.63) is 28.8 Å². The molecule has 19 heavy (non-hydrogen) atoms. The molecule has 0 saturated carbocycles. The van der Waals surface area contributed by atoms with Gasteiger partial charge in [0.05, 0.1) is 16.6 Å². The van der Waals surface area contributed by atoms with E-state index in [2.05, 4.69) is 10.6 Å². The van der Waals surface area contributed by atoms with Crippen LogP contribution in [0.5, 0.6) is 0 Å². The highest BCUT2D eigenvalue weighted by atomic mass is 35.5. The summed E-state index contributed by atoms with van der Waals surface area (Å²) in [6, 6.07) is 4.18. The van der Waals surface area contributed by atoms with Gasteiger partial charge in [0.2, 0.25) is 5.91 Å². The first-order valence-corrected chi connectivity index (χ1v) is 6.53. The average molecular weight is 283 g/mol. The second-order valence-electron chi connectivity index (χ2n) is 4.49. The number of benzene rings is 1. The highest BCUT2D eigenvalue weighted by Gasteiger charge is 2.20. The van der Waals surface area contributed by atoms with Crippen molar-refractivity contribution in [3.8, 4) is 0 Å². The monoisotopic (exact) mass is 282 g/mol. The summed E-state index contributed by atoms with van der Waals surface area (Å²) in [5.74, 6) is -1.20. The number of carbonyl (C=O) groups is 2. The van der Waals surface area contributed by atoms with E-state index in [1.807, 2.05) is 0 Å². The molecule has 1 aliphatic heterocycles. The number of carboxylic acids is 1. The predicted octanol–water partition coefficient (Wildman–Crippen LogP) is 2.12. The molecule has 1 heterocycles. The van der Waals surface area contributed by atoms with Gasteiger partial charge in [0.1, 0.15) is 0 Å². The highest BCUT2D eigenvalue weighted by Crippen LogP contribution is 2.21. The molecule has 1 saturated heterocycles. The van der Waals surface area contributed by atoms with Crippen LogP contribution in [0, 0.1) is 0 Å². The van der Waals surface area contributed by atoms with Crippen molar-refractivity contribution in [2.75, 3.05) is 11.9 Å². The number of carboxylic acid groups (broad SMARTS) is 1. The van der Waals surface area contributed by atoms with Crippen LogP contribution in [0.25, 0.3) is 0 Å². The Morgan fingerprint density at radius 2 is 2.16 bits per heavy atom. The lowest BCUT2D eigenvalue weighted by molar-refractivity contribution is -0.118. The minimum Gasteiger partial charge on any atom is -0.478 e. The minimum absolute atomic E-state index is 0.0236. The number of hydrogen-bond donors (Lipinski definition) is 3. The Balaban J connectivity index is 2.04. The Kier molecular flexibility index (Phi) is 4.39. The van der Waals surface area contributed by atoms with E-state index in [1.165, 1.54) is 18.2 Å². The third-order valence-electron chi connectivity index (χ3n) is 3.09. The molecule has 1 aromatic rings. The number of rotatable bonds is 3. The topological polar surface area (TPSA) is 78.4 Å². The summed E-state index contributed by atoms with van der Waals surface area (Å²) in [6.45, 7) is 0.844. The van der Waals surface area contributed by atoms with Crippen LogP contribution < -0.4 is 10.6 Å². The van der Waals surface area contributed by atoms with Crippen LogP contribution in [0.4, 0.5) is 5.69 Å². The summed E-state index contributed by atoms with van der Waals surface area (Å²) in [5, 5.41) is 14.9. The number of aromatic carboxylic acids is 1. The van der Waals surface area contributed by atoms with Crippen LogP contribution in [0.3, 0.4) is 0 Å². The van der Waals surface area contributed by atoms with Gasteiger partial charge < -0.3 is 15.7 Å². The molecule has 2 rings (SSSR count). The molecule has 1 unspecified atom stereocenters. The maximum Gasteiger partial charge on any atom is 0.337 e. The van der Waals surface area contributed by atoms with Crippen LogP contribution in [-0.4, -0.2) is 29.6 Å². The first kappa shape index (κ1) is 13.8. The summed E-state index contributed by atoms with van der Waals surface area (Å²) in [5.41, 5.74) is 0.530. The third kappa shape index (κ3) is 3.45. The van der Waals surface area contributed by atoms with Gasteiger partial charge >= 0.3 is 5.97 Å². The largest absolute Gasteiger partial charge is 0.478 e. The van der Waals surface area contributed by atoms with Crippen molar-refractivity contribution < 1.29 is 14.7 Å². The van der Waals surface area contributed by atoms with Gasteiger partial charge in [-0.15, -0.1) is 0 Å². The third-order valence-corrected chi connectivity index (χ3v) is 3.41. The maximum atomic E-state index is 12.0. The molecular weight excluding hydrogens is 268 g/mol. The lowest BCUT2D eigenvalue weighted by Crippen LogP contribution is -2.43. The zero-order valence-corrected chi connectivity index (χ0v) is 11.0. The molecule has 6 heteroatoms. The molecule has 102 valence electrons. The number of piperidine rings is 1. The molecule has 0 spiro atoms. The van der Waals surface area contributed by atoms with E-state index in [-0.39, 0.29) is 22.5 Å². The molecule has 0 radical (unpaired) electrons. The van der Waals surface area contributed by atoms with Crippen LogP contribution in [0.1, 0.15) is 29.6 Å².